The van der Waals surface area contributed by atoms with Crippen LogP contribution in [0.3, 0.4) is 0 Å². The van der Waals surface area contributed by atoms with Crippen LogP contribution in [0, 0.1) is 0 Å². The predicted octanol–water partition coefficient (Wildman–Crippen LogP) is 3.22. The summed E-state index contributed by atoms with van der Waals surface area (Å²) in [7, 11) is 0. The SMILES string of the molecule is CCn1ncc(Cl)c1CCC(O)c1ccccc1. The molecular weight excluding hydrogens is 248 g/mol. The first-order chi connectivity index (χ1) is 8.72. The zero-order chi connectivity index (χ0) is 13.0. The Balaban J connectivity index is 2.01. The van der Waals surface area contributed by atoms with E-state index in [-0.39, 0.29) is 0 Å². The molecule has 2 aromatic rings. The number of hydrogen-bond donors (Lipinski definition) is 1. The Kier molecular flexibility index (Phi) is 4.39. The second-order valence-electron chi connectivity index (χ2n) is 4.22. The Bertz CT molecular complexity index is 496. The summed E-state index contributed by atoms with van der Waals surface area (Å²) in [4.78, 5) is 0. The summed E-state index contributed by atoms with van der Waals surface area (Å²) < 4.78 is 1.88. The lowest BCUT2D eigenvalue weighted by Crippen LogP contribution is -2.06. The topological polar surface area (TPSA) is 38.0 Å². The van der Waals surface area contributed by atoms with Crippen LogP contribution in [0.15, 0.2) is 36.5 Å². The van der Waals surface area contributed by atoms with E-state index in [1.54, 1.807) is 6.20 Å². The number of aliphatic hydroxyl groups excluding tert-OH is 1. The van der Waals surface area contributed by atoms with Crippen LogP contribution >= 0.6 is 11.6 Å². The minimum Gasteiger partial charge on any atom is -0.388 e. The van der Waals surface area contributed by atoms with Gasteiger partial charge in [0.25, 0.3) is 0 Å². The first kappa shape index (κ1) is 13.1. The monoisotopic (exact) mass is 264 g/mol. The third-order valence-electron chi connectivity index (χ3n) is 3.04. The zero-order valence-electron chi connectivity index (χ0n) is 10.4. The Morgan fingerprint density at radius 3 is 2.72 bits per heavy atom. The third-order valence-corrected chi connectivity index (χ3v) is 3.35. The summed E-state index contributed by atoms with van der Waals surface area (Å²) in [5, 5.41) is 15.0. The fourth-order valence-electron chi connectivity index (χ4n) is 2.02. The molecule has 2 rings (SSSR count). The smallest absolute Gasteiger partial charge is 0.0817 e. The summed E-state index contributed by atoms with van der Waals surface area (Å²) in [5.41, 5.74) is 1.94. The van der Waals surface area contributed by atoms with Crippen LogP contribution in [0.25, 0.3) is 0 Å². The molecule has 1 atom stereocenters. The molecule has 1 unspecified atom stereocenters. The van der Waals surface area contributed by atoms with Gasteiger partial charge in [-0.05, 0) is 25.3 Å². The first-order valence-corrected chi connectivity index (χ1v) is 6.53. The quantitative estimate of drug-likeness (QED) is 0.900. The number of aliphatic hydroxyl groups is 1. The maximum atomic E-state index is 10.1. The first-order valence-electron chi connectivity index (χ1n) is 6.15. The molecule has 1 N–H and O–H groups in total. The Morgan fingerprint density at radius 1 is 1.33 bits per heavy atom. The zero-order valence-corrected chi connectivity index (χ0v) is 11.1. The van der Waals surface area contributed by atoms with Crippen LogP contribution in [-0.2, 0) is 13.0 Å². The number of benzene rings is 1. The van der Waals surface area contributed by atoms with Crippen molar-refractivity contribution in [3.05, 3.63) is 52.8 Å². The summed E-state index contributed by atoms with van der Waals surface area (Å²) in [5.74, 6) is 0. The fraction of sp³-hybridized carbons (Fsp3) is 0.357. The largest absolute Gasteiger partial charge is 0.388 e. The minimum absolute atomic E-state index is 0.456. The fourth-order valence-corrected chi connectivity index (χ4v) is 2.26. The van der Waals surface area contributed by atoms with Crippen molar-refractivity contribution in [3.8, 4) is 0 Å². The summed E-state index contributed by atoms with van der Waals surface area (Å²) in [6, 6.07) is 9.68. The molecule has 4 heteroatoms. The normalized spacial score (nSPS) is 12.6. The molecule has 0 saturated carbocycles. The number of nitrogens with zero attached hydrogens (tertiary/aromatic N) is 2. The molecule has 0 aliphatic rings. The van der Waals surface area contributed by atoms with Gasteiger partial charge in [-0.15, -0.1) is 0 Å². The highest BCUT2D eigenvalue weighted by molar-refractivity contribution is 6.31. The molecule has 3 nitrogen and oxygen atoms in total. The van der Waals surface area contributed by atoms with Crippen LogP contribution in [-0.4, -0.2) is 14.9 Å². The molecular formula is C14H17ClN2O. The molecule has 0 aliphatic carbocycles. The molecule has 0 aliphatic heterocycles. The molecule has 0 saturated heterocycles. The van der Waals surface area contributed by atoms with Gasteiger partial charge < -0.3 is 5.11 Å². The molecule has 0 bridgehead atoms. The number of hydrogen-bond acceptors (Lipinski definition) is 2. The third kappa shape index (κ3) is 2.92. The van der Waals surface area contributed by atoms with Gasteiger partial charge in [0.05, 0.1) is 23.0 Å². The Labute approximate surface area is 112 Å². The van der Waals surface area contributed by atoms with Crippen LogP contribution < -0.4 is 0 Å². The van der Waals surface area contributed by atoms with E-state index in [2.05, 4.69) is 5.10 Å². The van der Waals surface area contributed by atoms with E-state index in [1.165, 1.54) is 0 Å². The van der Waals surface area contributed by atoms with Crippen molar-refractivity contribution in [2.45, 2.75) is 32.4 Å². The maximum Gasteiger partial charge on any atom is 0.0817 e. The van der Waals surface area contributed by atoms with Gasteiger partial charge in [0.2, 0.25) is 0 Å². The van der Waals surface area contributed by atoms with Gasteiger partial charge in [-0.3, -0.25) is 4.68 Å². The van der Waals surface area contributed by atoms with Crippen LogP contribution in [0.5, 0.6) is 0 Å². The molecule has 0 fully saturated rings. The molecule has 96 valence electrons. The van der Waals surface area contributed by atoms with Crippen molar-refractivity contribution in [1.82, 2.24) is 9.78 Å². The van der Waals surface area contributed by atoms with Crippen molar-refractivity contribution in [2.75, 3.05) is 0 Å². The summed E-state index contributed by atoms with van der Waals surface area (Å²) >= 11 is 6.09. The molecule has 1 heterocycles. The molecule has 0 spiro atoms. The maximum absolute atomic E-state index is 10.1. The van der Waals surface area contributed by atoms with Crippen molar-refractivity contribution in [2.24, 2.45) is 0 Å². The second-order valence-corrected chi connectivity index (χ2v) is 4.63. The van der Waals surface area contributed by atoms with Gasteiger partial charge in [-0.1, -0.05) is 41.9 Å². The number of halogens is 1. The van der Waals surface area contributed by atoms with Gasteiger partial charge in [0.1, 0.15) is 0 Å². The highest BCUT2D eigenvalue weighted by Gasteiger charge is 2.12. The van der Waals surface area contributed by atoms with Gasteiger partial charge >= 0.3 is 0 Å². The van der Waals surface area contributed by atoms with Gasteiger partial charge in [-0.2, -0.15) is 5.10 Å². The Hall–Kier alpha value is -1.32. The summed E-state index contributed by atoms with van der Waals surface area (Å²) in [6.45, 7) is 2.82. The van der Waals surface area contributed by atoms with E-state index >= 15 is 0 Å². The lowest BCUT2D eigenvalue weighted by molar-refractivity contribution is 0.167. The van der Waals surface area contributed by atoms with Crippen LogP contribution in [0.1, 0.15) is 30.7 Å². The second kappa shape index (κ2) is 6.03. The standard InChI is InChI=1S/C14H17ClN2O/c1-2-17-13(12(15)10-16-17)8-9-14(18)11-6-4-3-5-7-11/h3-7,10,14,18H,2,8-9H2,1H3. The van der Waals surface area contributed by atoms with Crippen LogP contribution in [0.4, 0.5) is 0 Å². The van der Waals surface area contributed by atoms with Crippen molar-refractivity contribution in [3.63, 3.8) is 0 Å². The van der Waals surface area contributed by atoms with E-state index < -0.39 is 6.10 Å². The van der Waals surface area contributed by atoms with Crippen molar-refractivity contribution in [1.29, 1.82) is 0 Å². The highest BCUT2D eigenvalue weighted by atomic mass is 35.5. The van der Waals surface area contributed by atoms with Crippen LogP contribution in [0.2, 0.25) is 5.02 Å². The number of aromatic nitrogens is 2. The van der Waals surface area contributed by atoms with E-state index in [9.17, 15) is 5.11 Å². The summed E-state index contributed by atoms with van der Waals surface area (Å²) in [6.07, 6.45) is 2.58. The average Bonchev–Trinajstić information content (AvgIpc) is 2.77. The predicted molar refractivity (Wildman–Crippen MR) is 72.6 cm³/mol. The van der Waals surface area contributed by atoms with Crippen molar-refractivity contribution >= 4 is 11.6 Å². The molecule has 0 amide bonds. The Morgan fingerprint density at radius 2 is 2.06 bits per heavy atom. The lowest BCUT2D eigenvalue weighted by Gasteiger charge is -2.11. The highest BCUT2D eigenvalue weighted by Crippen LogP contribution is 2.22. The van der Waals surface area contributed by atoms with E-state index in [1.807, 2.05) is 41.9 Å². The van der Waals surface area contributed by atoms with E-state index in [0.717, 1.165) is 24.2 Å². The van der Waals surface area contributed by atoms with E-state index in [0.29, 0.717) is 11.4 Å². The number of rotatable bonds is 5. The lowest BCUT2D eigenvalue weighted by atomic mass is 10.0. The molecule has 1 aromatic carbocycles. The molecule has 18 heavy (non-hydrogen) atoms. The van der Waals surface area contributed by atoms with E-state index in [4.69, 9.17) is 11.6 Å². The number of aryl methyl sites for hydroxylation is 1. The van der Waals surface area contributed by atoms with Gasteiger partial charge in [0, 0.05) is 6.54 Å². The molecule has 1 aromatic heterocycles. The van der Waals surface area contributed by atoms with Crippen molar-refractivity contribution < 1.29 is 5.11 Å². The molecule has 0 radical (unpaired) electrons. The minimum atomic E-state index is -0.456. The van der Waals surface area contributed by atoms with Gasteiger partial charge in [-0.25, -0.2) is 0 Å². The average molecular weight is 265 g/mol. The van der Waals surface area contributed by atoms with Gasteiger partial charge in [0.15, 0.2) is 0 Å².